The summed E-state index contributed by atoms with van der Waals surface area (Å²) in [5.74, 6) is -1.15. The zero-order valence-corrected chi connectivity index (χ0v) is 20.7. The fourth-order valence-electron chi connectivity index (χ4n) is 5.91. The topological polar surface area (TPSA) is 96.7 Å². The van der Waals surface area contributed by atoms with Gasteiger partial charge in [-0.25, -0.2) is 14.2 Å². The number of piperazine rings is 1. The molecule has 3 aliphatic heterocycles. The molecule has 0 saturated carbocycles. The molecule has 188 valence electrons. The number of fused-ring (bicyclic) bond motifs is 5. The molecule has 36 heavy (non-hydrogen) atoms. The van der Waals surface area contributed by atoms with E-state index in [-0.39, 0.29) is 42.6 Å². The Kier molecular flexibility index (Phi) is 5.30. The Morgan fingerprint density at radius 2 is 2.00 bits per heavy atom. The largest absolute Gasteiger partial charge is 0.458 e. The quantitative estimate of drug-likeness (QED) is 0.424. The number of carbonyl (C=O) groups is 1. The van der Waals surface area contributed by atoms with Crippen molar-refractivity contribution in [2.75, 3.05) is 26.2 Å². The summed E-state index contributed by atoms with van der Waals surface area (Å²) >= 11 is 0. The van der Waals surface area contributed by atoms with Crippen molar-refractivity contribution in [1.29, 1.82) is 0 Å². The van der Waals surface area contributed by atoms with E-state index >= 15 is 4.39 Å². The number of aliphatic hydroxyl groups is 1. The molecular weight excluding hydrogens is 463 g/mol. The molecule has 1 unspecified atom stereocenters. The molecule has 9 heteroatoms. The van der Waals surface area contributed by atoms with Gasteiger partial charge in [-0.1, -0.05) is 19.1 Å². The van der Waals surface area contributed by atoms with Crippen molar-refractivity contribution >= 4 is 16.9 Å². The van der Waals surface area contributed by atoms with Gasteiger partial charge >= 0.3 is 5.97 Å². The summed E-state index contributed by atoms with van der Waals surface area (Å²) in [4.78, 5) is 33.2. The van der Waals surface area contributed by atoms with Crippen LogP contribution in [0.5, 0.6) is 0 Å². The summed E-state index contributed by atoms with van der Waals surface area (Å²) in [7, 11) is 0. The Balaban J connectivity index is 1.59. The lowest BCUT2D eigenvalue weighted by atomic mass is 9.86. The summed E-state index contributed by atoms with van der Waals surface area (Å²) in [5, 5.41) is 14.9. The summed E-state index contributed by atoms with van der Waals surface area (Å²) in [6.45, 7) is 9.05. The van der Waals surface area contributed by atoms with Crippen molar-refractivity contribution in [2.45, 2.75) is 52.0 Å². The van der Waals surface area contributed by atoms with Crippen LogP contribution in [0.25, 0.3) is 22.3 Å². The first-order valence-electron chi connectivity index (χ1n) is 12.5. The number of ether oxygens (including phenoxy) is 1. The maximum Gasteiger partial charge on any atom is 0.343 e. The zero-order chi connectivity index (χ0) is 25.4. The van der Waals surface area contributed by atoms with Crippen LogP contribution in [0.15, 0.2) is 23.0 Å². The maximum atomic E-state index is 16.2. The third-order valence-electron chi connectivity index (χ3n) is 8.16. The van der Waals surface area contributed by atoms with E-state index in [2.05, 4.69) is 17.1 Å². The normalized spacial score (nSPS) is 22.2. The van der Waals surface area contributed by atoms with E-state index in [1.165, 1.54) is 4.57 Å². The third kappa shape index (κ3) is 3.12. The zero-order valence-electron chi connectivity index (χ0n) is 20.7. The van der Waals surface area contributed by atoms with Gasteiger partial charge in [-0.2, -0.15) is 0 Å². The number of benzene rings is 1. The van der Waals surface area contributed by atoms with Crippen LogP contribution in [0, 0.1) is 12.7 Å². The first-order valence-corrected chi connectivity index (χ1v) is 12.5. The Labute approximate surface area is 207 Å². The molecule has 3 aliphatic rings. The van der Waals surface area contributed by atoms with E-state index in [4.69, 9.17) is 9.72 Å². The molecule has 0 amide bonds. The summed E-state index contributed by atoms with van der Waals surface area (Å²) in [5.41, 5.74) is 1.60. The highest BCUT2D eigenvalue weighted by molar-refractivity contribution is 5.90. The van der Waals surface area contributed by atoms with Gasteiger partial charge in [-0.15, -0.1) is 0 Å². The van der Waals surface area contributed by atoms with Crippen molar-refractivity contribution in [3.05, 3.63) is 62.2 Å². The number of nitrogens with zero attached hydrogens (tertiary/aromatic N) is 3. The molecule has 1 aromatic carbocycles. The molecule has 1 fully saturated rings. The van der Waals surface area contributed by atoms with Crippen LogP contribution in [-0.4, -0.2) is 51.7 Å². The first kappa shape index (κ1) is 23.3. The number of pyridine rings is 2. The number of carbonyl (C=O) groups excluding carboxylic acids is 1. The number of nitrogens with one attached hydrogen (secondary N) is 1. The molecular formula is C27H29FN4O4. The van der Waals surface area contributed by atoms with Gasteiger partial charge in [-0.3, -0.25) is 9.69 Å². The second kappa shape index (κ2) is 8.19. The molecule has 0 aliphatic carbocycles. The number of hydrogen-bond donors (Lipinski definition) is 2. The minimum Gasteiger partial charge on any atom is -0.458 e. The molecule has 6 rings (SSSR count). The van der Waals surface area contributed by atoms with E-state index < -0.39 is 17.1 Å². The van der Waals surface area contributed by atoms with Crippen LogP contribution in [0.2, 0.25) is 0 Å². The lowest BCUT2D eigenvalue weighted by molar-refractivity contribution is -0.172. The molecule has 0 radical (unpaired) electrons. The molecule has 1 saturated heterocycles. The molecule has 2 atom stereocenters. The fourth-order valence-corrected chi connectivity index (χ4v) is 5.91. The average Bonchev–Trinajstić information content (AvgIpc) is 3.26. The average molecular weight is 493 g/mol. The first-order chi connectivity index (χ1) is 17.3. The fraction of sp³-hybridized carbons (Fsp3) is 0.444. The van der Waals surface area contributed by atoms with Gasteiger partial charge in [0, 0.05) is 48.7 Å². The van der Waals surface area contributed by atoms with Crippen molar-refractivity contribution in [2.24, 2.45) is 0 Å². The van der Waals surface area contributed by atoms with Gasteiger partial charge in [-0.05, 0) is 37.5 Å². The number of aryl methyl sites for hydroxylation is 1. The SMILES string of the molecule is CC[C@@]1(O)C(=O)OCc2c1cc1n(c2=O)Cc2c-1nc1c(C(C)N3CCNCC3)ccc(C)c1c2F. The third-order valence-corrected chi connectivity index (χ3v) is 8.16. The molecule has 8 nitrogen and oxygen atoms in total. The van der Waals surface area contributed by atoms with E-state index in [9.17, 15) is 14.7 Å². The highest BCUT2D eigenvalue weighted by Gasteiger charge is 2.45. The number of cyclic esters (lactones) is 1. The predicted molar refractivity (Wildman–Crippen MR) is 132 cm³/mol. The van der Waals surface area contributed by atoms with Crippen molar-refractivity contribution in [1.82, 2.24) is 19.8 Å². The van der Waals surface area contributed by atoms with Crippen molar-refractivity contribution < 1.29 is 19.0 Å². The van der Waals surface area contributed by atoms with Gasteiger partial charge in [0.25, 0.3) is 5.56 Å². The van der Waals surface area contributed by atoms with Crippen LogP contribution < -0.4 is 10.9 Å². The lowest BCUT2D eigenvalue weighted by Gasteiger charge is -2.33. The minimum atomic E-state index is -1.92. The Bertz CT molecular complexity index is 1490. The number of halogens is 1. The molecule has 2 N–H and O–H groups in total. The predicted octanol–water partition coefficient (Wildman–Crippen LogP) is 2.49. The molecule has 2 aromatic heterocycles. The van der Waals surface area contributed by atoms with Gasteiger partial charge in [0.15, 0.2) is 5.60 Å². The molecule has 0 bridgehead atoms. The second-order valence-electron chi connectivity index (χ2n) is 10.0. The van der Waals surface area contributed by atoms with E-state index in [1.807, 2.05) is 19.1 Å². The van der Waals surface area contributed by atoms with Gasteiger partial charge in [0.1, 0.15) is 12.4 Å². The Morgan fingerprint density at radius 3 is 2.72 bits per heavy atom. The number of esters is 1. The number of rotatable bonds is 3. The van der Waals surface area contributed by atoms with Crippen molar-refractivity contribution in [3.63, 3.8) is 0 Å². The van der Waals surface area contributed by atoms with Gasteiger partial charge in [0.05, 0.1) is 29.0 Å². The molecule has 3 aromatic rings. The van der Waals surface area contributed by atoms with Crippen LogP contribution in [0.4, 0.5) is 4.39 Å². The number of aromatic nitrogens is 2. The van der Waals surface area contributed by atoms with E-state index in [1.54, 1.807) is 13.0 Å². The minimum absolute atomic E-state index is 0.0345. The van der Waals surface area contributed by atoms with Crippen molar-refractivity contribution in [3.8, 4) is 11.4 Å². The highest BCUT2D eigenvalue weighted by Crippen LogP contribution is 2.41. The number of hydrogen-bond acceptors (Lipinski definition) is 7. The van der Waals surface area contributed by atoms with Crippen LogP contribution >= 0.6 is 0 Å². The standard InChI is InChI=1S/C27H29FN4O4/c1-4-27(35)19-11-20-23-17(12-32(20)25(33)18(19)13-36-26(27)34)22(28)21-14(2)5-6-16(24(21)30-23)15(3)31-9-7-29-8-10-31/h5-6,11,15,29,35H,4,7-10,12-13H2,1-3H3/t15?,27-/m0/s1. The summed E-state index contributed by atoms with van der Waals surface area (Å²) in [6, 6.07) is 5.61. The van der Waals surface area contributed by atoms with Gasteiger partial charge in [0.2, 0.25) is 0 Å². The monoisotopic (exact) mass is 492 g/mol. The maximum absolute atomic E-state index is 16.2. The van der Waals surface area contributed by atoms with E-state index in [0.717, 1.165) is 37.3 Å². The van der Waals surface area contributed by atoms with E-state index in [0.29, 0.717) is 27.9 Å². The van der Waals surface area contributed by atoms with Crippen LogP contribution in [-0.2, 0) is 28.3 Å². The molecule has 0 spiro atoms. The summed E-state index contributed by atoms with van der Waals surface area (Å²) in [6.07, 6.45) is 0.0552. The summed E-state index contributed by atoms with van der Waals surface area (Å²) < 4.78 is 22.8. The lowest BCUT2D eigenvalue weighted by Crippen LogP contribution is -2.44. The van der Waals surface area contributed by atoms with Crippen LogP contribution in [0.3, 0.4) is 0 Å². The van der Waals surface area contributed by atoms with Crippen LogP contribution in [0.1, 0.15) is 54.1 Å². The highest BCUT2D eigenvalue weighted by atomic mass is 19.1. The second-order valence-corrected chi connectivity index (χ2v) is 10.0. The Morgan fingerprint density at radius 1 is 1.25 bits per heavy atom. The molecule has 5 heterocycles. The van der Waals surface area contributed by atoms with Gasteiger partial charge < -0.3 is 19.7 Å². The Hall–Kier alpha value is -3.14. The smallest absolute Gasteiger partial charge is 0.343 e.